The fourth-order valence-corrected chi connectivity index (χ4v) is 2.43. The number of nitrogens with zero attached hydrogens (tertiary/aromatic N) is 2. The van der Waals surface area contributed by atoms with Crippen LogP contribution in [0, 0.1) is 0 Å². The molecule has 1 N–H and O–H groups in total. The lowest BCUT2D eigenvalue weighted by Crippen LogP contribution is -2.61. The van der Waals surface area contributed by atoms with Crippen LogP contribution in [0.25, 0.3) is 0 Å². The zero-order chi connectivity index (χ0) is 19.8. The van der Waals surface area contributed by atoms with E-state index in [2.05, 4.69) is 9.84 Å². The summed E-state index contributed by atoms with van der Waals surface area (Å²) in [5.74, 6) is -0.641. The van der Waals surface area contributed by atoms with E-state index in [4.69, 9.17) is 4.74 Å². The number of ether oxygens (including phenoxy) is 2. The van der Waals surface area contributed by atoms with Gasteiger partial charge in [-0.1, -0.05) is 12.1 Å². The number of halogens is 5. The first kappa shape index (κ1) is 20.0. The zero-order valence-electron chi connectivity index (χ0n) is 13.7. The van der Waals surface area contributed by atoms with Gasteiger partial charge in [0.1, 0.15) is 5.75 Å². The average Bonchev–Trinajstić information content (AvgIpc) is 2.82. The van der Waals surface area contributed by atoms with Gasteiger partial charge in [-0.3, -0.25) is 4.79 Å². The average molecular weight is 382 g/mol. The molecule has 2 rings (SSSR count). The molecule has 144 valence electrons. The van der Waals surface area contributed by atoms with Crippen LogP contribution in [-0.4, -0.2) is 47.0 Å². The van der Waals surface area contributed by atoms with Crippen molar-refractivity contribution in [1.29, 1.82) is 0 Å². The second kappa shape index (κ2) is 6.80. The fraction of sp³-hybridized carbons (Fsp3) is 0.467. The first-order chi connectivity index (χ1) is 11.9. The summed E-state index contributed by atoms with van der Waals surface area (Å²) < 4.78 is 72.4. The van der Waals surface area contributed by atoms with Gasteiger partial charge in [-0.25, -0.2) is 4.74 Å². The molecule has 26 heavy (non-hydrogen) atoms. The van der Waals surface area contributed by atoms with E-state index in [0.29, 0.717) is 11.3 Å². The molecule has 1 aromatic carbocycles. The van der Waals surface area contributed by atoms with Gasteiger partial charge < -0.3 is 9.84 Å². The number of methoxy groups -OCH3 is 1. The van der Waals surface area contributed by atoms with Crippen LogP contribution in [0.5, 0.6) is 5.75 Å². The zero-order valence-corrected chi connectivity index (χ0v) is 13.7. The highest BCUT2D eigenvalue weighted by Crippen LogP contribution is 2.43. The van der Waals surface area contributed by atoms with Gasteiger partial charge in [0.25, 0.3) is 5.72 Å². The Morgan fingerprint density at radius 2 is 1.85 bits per heavy atom. The number of alkyl halides is 5. The Balaban J connectivity index is 2.25. The summed E-state index contributed by atoms with van der Waals surface area (Å²) in [5, 5.41) is 13.5. The predicted octanol–water partition coefficient (Wildman–Crippen LogP) is 2.66. The van der Waals surface area contributed by atoms with Gasteiger partial charge in [0.15, 0.2) is 0 Å². The summed E-state index contributed by atoms with van der Waals surface area (Å²) in [4.78, 5) is 12.3. The highest BCUT2D eigenvalue weighted by atomic mass is 19.4. The fourth-order valence-electron chi connectivity index (χ4n) is 2.43. The lowest BCUT2D eigenvalue weighted by atomic mass is 10.1. The van der Waals surface area contributed by atoms with E-state index in [1.807, 2.05) is 0 Å². The lowest BCUT2D eigenvalue weighted by molar-refractivity contribution is -0.469. The highest BCUT2D eigenvalue weighted by Gasteiger charge is 2.66. The number of hydrogen-bond acceptors (Lipinski definition) is 5. The van der Waals surface area contributed by atoms with Gasteiger partial charge in [-0.2, -0.15) is 18.9 Å². The quantitative estimate of drug-likeness (QED) is 0.795. The number of amides is 1. The Bertz CT molecular complexity index is 705. The minimum atomic E-state index is -5.72. The smallest absolute Gasteiger partial charge is 0.497 e. The number of carbonyl (C=O) groups excluding carboxylic acids is 1. The van der Waals surface area contributed by atoms with E-state index in [1.165, 1.54) is 38.3 Å². The maximum Gasteiger partial charge on any atom is 0.527 e. The molecule has 0 fully saturated rings. The van der Waals surface area contributed by atoms with E-state index >= 15 is 0 Å². The highest BCUT2D eigenvalue weighted by molar-refractivity contribution is 5.89. The number of hydrazone groups is 1. The van der Waals surface area contributed by atoms with Gasteiger partial charge in [0.2, 0.25) is 5.91 Å². The van der Waals surface area contributed by atoms with Crippen molar-refractivity contribution in [3.63, 3.8) is 0 Å². The van der Waals surface area contributed by atoms with Crippen LogP contribution >= 0.6 is 0 Å². The van der Waals surface area contributed by atoms with Crippen LogP contribution in [0.4, 0.5) is 22.0 Å². The van der Waals surface area contributed by atoms with Gasteiger partial charge in [0, 0.05) is 12.1 Å². The van der Waals surface area contributed by atoms with Crippen LogP contribution < -0.4 is 4.74 Å². The predicted molar refractivity (Wildman–Crippen MR) is 78.3 cm³/mol. The van der Waals surface area contributed by atoms with Crippen LogP contribution in [0.2, 0.25) is 0 Å². The van der Waals surface area contributed by atoms with Crippen molar-refractivity contribution in [1.82, 2.24) is 5.01 Å². The minimum absolute atomic E-state index is 0.0572. The van der Waals surface area contributed by atoms with Gasteiger partial charge in [-0.05, 0) is 24.6 Å². The lowest BCUT2D eigenvalue weighted by Gasteiger charge is -2.36. The Kier molecular flexibility index (Phi) is 5.24. The van der Waals surface area contributed by atoms with Crippen LogP contribution in [0.1, 0.15) is 18.9 Å². The number of benzene rings is 1. The molecule has 1 unspecified atom stereocenters. The van der Waals surface area contributed by atoms with Crippen molar-refractivity contribution >= 4 is 11.6 Å². The van der Waals surface area contributed by atoms with E-state index in [9.17, 15) is 31.9 Å². The summed E-state index contributed by atoms with van der Waals surface area (Å²) in [6, 6.07) is 5.95. The van der Waals surface area contributed by atoms with Crippen molar-refractivity contribution in [3.8, 4) is 5.75 Å². The topological polar surface area (TPSA) is 71.4 Å². The first-order valence-electron chi connectivity index (χ1n) is 7.25. The Hall–Kier alpha value is -2.27. The second-order valence-electron chi connectivity index (χ2n) is 5.62. The molecular weight excluding hydrogens is 367 g/mol. The molecule has 0 spiro atoms. The Morgan fingerprint density at radius 1 is 1.27 bits per heavy atom. The largest absolute Gasteiger partial charge is 0.527 e. The van der Waals surface area contributed by atoms with Gasteiger partial charge in [0.05, 0.1) is 13.5 Å². The molecule has 0 saturated carbocycles. The normalized spacial score (nSPS) is 20.9. The Labute approximate surface area is 144 Å². The molecule has 0 aliphatic carbocycles. The SMILES string of the molecule is COc1ccc(CC(=O)N2N=C(C)CC2(O)C(F)(F)OC(F)(F)F)cc1. The maximum absolute atomic E-state index is 14.0. The minimum Gasteiger partial charge on any atom is -0.497 e. The van der Waals surface area contributed by atoms with E-state index < -0.39 is 36.9 Å². The van der Waals surface area contributed by atoms with E-state index in [-0.39, 0.29) is 10.7 Å². The second-order valence-corrected chi connectivity index (χ2v) is 5.62. The number of aliphatic hydroxyl groups is 1. The molecule has 1 atom stereocenters. The van der Waals surface area contributed by atoms with Crippen LogP contribution in [0.3, 0.4) is 0 Å². The summed E-state index contributed by atoms with van der Waals surface area (Å²) in [7, 11) is 1.42. The molecule has 0 radical (unpaired) electrons. The monoisotopic (exact) mass is 382 g/mol. The van der Waals surface area contributed by atoms with Crippen molar-refractivity contribution in [2.75, 3.05) is 7.11 Å². The Morgan fingerprint density at radius 3 is 2.35 bits per heavy atom. The molecule has 1 heterocycles. The molecule has 11 heteroatoms. The summed E-state index contributed by atoms with van der Waals surface area (Å²) >= 11 is 0. The molecule has 0 aromatic heterocycles. The van der Waals surface area contributed by atoms with Gasteiger partial charge >= 0.3 is 12.5 Å². The van der Waals surface area contributed by atoms with Crippen molar-refractivity contribution in [2.24, 2.45) is 5.10 Å². The molecule has 1 aromatic rings. The molecule has 0 saturated heterocycles. The third kappa shape index (κ3) is 4.10. The summed E-state index contributed by atoms with van der Waals surface area (Å²) in [5.41, 5.74) is -3.38. The van der Waals surface area contributed by atoms with Gasteiger partial charge in [-0.15, -0.1) is 13.2 Å². The summed E-state index contributed by atoms with van der Waals surface area (Å²) in [6.07, 6.45) is -12.3. The third-order valence-electron chi connectivity index (χ3n) is 3.58. The molecule has 6 nitrogen and oxygen atoms in total. The number of hydrogen-bond donors (Lipinski definition) is 1. The van der Waals surface area contributed by atoms with E-state index in [0.717, 1.165) is 0 Å². The number of rotatable bonds is 5. The molecule has 1 amide bonds. The van der Waals surface area contributed by atoms with E-state index in [1.54, 1.807) is 0 Å². The molecular formula is C15H15F5N2O4. The first-order valence-corrected chi connectivity index (χ1v) is 7.25. The standard InChI is InChI=1S/C15H15F5N2O4/c1-9-8-13(24,14(16,17)26-15(18,19)20)22(21-9)12(23)7-10-3-5-11(25-2)6-4-10/h3-6,24H,7-8H2,1-2H3. The molecule has 1 aliphatic rings. The van der Waals surface area contributed by atoms with Crippen LogP contribution in [-0.2, 0) is 16.0 Å². The molecule has 0 bridgehead atoms. The third-order valence-corrected chi connectivity index (χ3v) is 3.58. The number of carbonyl (C=O) groups is 1. The van der Waals surface area contributed by atoms with Crippen molar-refractivity contribution in [2.45, 2.75) is 38.0 Å². The van der Waals surface area contributed by atoms with Crippen LogP contribution in [0.15, 0.2) is 29.4 Å². The van der Waals surface area contributed by atoms with Crippen molar-refractivity contribution < 1.29 is 41.3 Å². The maximum atomic E-state index is 14.0. The molecule has 1 aliphatic heterocycles. The summed E-state index contributed by atoms with van der Waals surface area (Å²) in [6.45, 7) is 1.19. The van der Waals surface area contributed by atoms with Crippen molar-refractivity contribution in [3.05, 3.63) is 29.8 Å².